The molecule has 0 unspecified atom stereocenters. The normalized spacial score (nSPS) is 17.7. The van der Waals surface area contributed by atoms with Crippen LogP contribution in [0.1, 0.15) is 24.1 Å². The molecule has 2 fully saturated rings. The summed E-state index contributed by atoms with van der Waals surface area (Å²) in [6.45, 7) is 0.738. The van der Waals surface area contributed by atoms with Crippen molar-refractivity contribution in [2.24, 2.45) is 0 Å². The van der Waals surface area contributed by atoms with Crippen molar-refractivity contribution in [3.8, 4) is 0 Å². The van der Waals surface area contributed by atoms with Crippen molar-refractivity contribution in [1.29, 1.82) is 0 Å². The zero-order valence-corrected chi connectivity index (χ0v) is 18.5. The van der Waals surface area contributed by atoms with Gasteiger partial charge in [-0.15, -0.1) is 11.3 Å². The molecule has 1 N–H and O–H groups in total. The summed E-state index contributed by atoms with van der Waals surface area (Å²) in [6.07, 6.45) is 2.70. The molecular formula is C21H19FN4O4S2. The number of halogens is 1. The predicted octanol–water partition coefficient (Wildman–Crippen LogP) is 2.80. The van der Waals surface area contributed by atoms with Gasteiger partial charge in [-0.25, -0.2) is 9.37 Å². The zero-order valence-electron chi connectivity index (χ0n) is 16.9. The molecule has 1 aromatic heterocycles. The summed E-state index contributed by atoms with van der Waals surface area (Å²) in [4.78, 5) is 55.8. The van der Waals surface area contributed by atoms with Crippen LogP contribution < -0.4 is 10.2 Å². The number of amides is 4. The number of carbonyl (C=O) groups is 4. The summed E-state index contributed by atoms with van der Waals surface area (Å²) < 4.78 is 13.8. The first-order valence-electron chi connectivity index (χ1n) is 9.94. The van der Waals surface area contributed by atoms with E-state index >= 15 is 0 Å². The molecule has 2 saturated heterocycles. The number of aromatic nitrogens is 1. The summed E-state index contributed by atoms with van der Waals surface area (Å²) in [5, 5.41) is 4.54. The molecule has 2 aliphatic rings. The smallest absolute Gasteiger partial charge is 0.293 e. The van der Waals surface area contributed by atoms with Gasteiger partial charge < -0.3 is 5.32 Å². The topological polar surface area (TPSA) is 99.7 Å². The lowest BCUT2D eigenvalue weighted by Gasteiger charge is -2.13. The van der Waals surface area contributed by atoms with Gasteiger partial charge >= 0.3 is 0 Å². The first kappa shape index (κ1) is 22.2. The van der Waals surface area contributed by atoms with E-state index in [1.807, 2.05) is 0 Å². The van der Waals surface area contributed by atoms with Gasteiger partial charge in [-0.2, -0.15) is 0 Å². The fraction of sp³-hybridized carbons (Fsp3) is 0.286. The Morgan fingerprint density at radius 3 is 2.81 bits per heavy atom. The van der Waals surface area contributed by atoms with Gasteiger partial charge in [0.1, 0.15) is 5.82 Å². The Labute approximate surface area is 191 Å². The highest BCUT2D eigenvalue weighted by Gasteiger charge is 2.34. The van der Waals surface area contributed by atoms with E-state index in [0.29, 0.717) is 23.8 Å². The first-order chi connectivity index (χ1) is 15.4. The van der Waals surface area contributed by atoms with E-state index in [0.717, 1.165) is 23.1 Å². The van der Waals surface area contributed by atoms with Crippen LogP contribution in [0.5, 0.6) is 0 Å². The molecule has 0 radical (unpaired) electrons. The minimum atomic E-state index is -0.517. The molecule has 0 saturated carbocycles. The maximum atomic E-state index is 13.8. The number of hydrogen-bond acceptors (Lipinski definition) is 7. The van der Waals surface area contributed by atoms with Crippen LogP contribution in [0.3, 0.4) is 0 Å². The van der Waals surface area contributed by atoms with Crippen LogP contribution in [-0.4, -0.2) is 52.5 Å². The first-order valence-corrected chi connectivity index (χ1v) is 11.6. The van der Waals surface area contributed by atoms with Crippen molar-refractivity contribution < 1.29 is 23.6 Å². The third-order valence-electron chi connectivity index (χ3n) is 4.91. The molecule has 1 aromatic carbocycles. The Kier molecular flexibility index (Phi) is 6.66. The van der Waals surface area contributed by atoms with Crippen LogP contribution >= 0.6 is 23.1 Å². The van der Waals surface area contributed by atoms with Gasteiger partial charge in [-0.1, -0.05) is 18.2 Å². The van der Waals surface area contributed by atoms with Crippen molar-refractivity contribution >= 4 is 57.3 Å². The molecule has 3 heterocycles. The number of thiazole rings is 1. The average Bonchev–Trinajstić information content (AvgIpc) is 3.45. The predicted molar refractivity (Wildman–Crippen MR) is 119 cm³/mol. The van der Waals surface area contributed by atoms with E-state index in [2.05, 4.69) is 10.3 Å². The molecule has 2 aromatic rings. The molecule has 32 heavy (non-hydrogen) atoms. The van der Waals surface area contributed by atoms with Gasteiger partial charge in [0, 0.05) is 37.0 Å². The van der Waals surface area contributed by atoms with Gasteiger partial charge in [0.25, 0.3) is 11.1 Å². The van der Waals surface area contributed by atoms with Crippen molar-refractivity contribution in [2.45, 2.75) is 19.3 Å². The highest BCUT2D eigenvalue weighted by Crippen LogP contribution is 2.32. The number of anilines is 1. The third kappa shape index (κ3) is 4.89. The van der Waals surface area contributed by atoms with Crippen molar-refractivity contribution in [3.63, 3.8) is 0 Å². The van der Waals surface area contributed by atoms with Crippen molar-refractivity contribution in [2.75, 3.05) is 24.5 Å². The van der Waals surface area contributed by atoms with E-state index in [1.165, 1.54) is 29.5 Å². The van der Waals surface area contributed by atoms with E-state index < -0.39 is 17.0 Å². The zero-order chi connectivity index (χ0) is 22.7. The maximum absolute atomic E-state index is 13.8. The summed E-state index contributed by atoms with van der Waals surface area (Å²) in [5.41, 5.74) is 0.783. The summed E-state index contributed by atoms with van der Waals surface area (Å²) in [7, 11) is 0. The molecular weight excluding hydrogens is 455 g/mol. The molecule has 4 amide bonds. The highest BCUT2D eigenvalue weighted by molar-refractivity contribution is 8.18. The molecule has 8 nitrogen and oxygen atoms in total. The van der Waals surface area contributed by atoms with Crippen LogP contribution in [0.2, 0.25) is 0 Å². The molecule has 4 rings (SSSR count). The van der Waals surface area contributed by atoms with Crippen molar-refractivity contribution in [3.05, 3.63) is 51.6 Å². The van der Waals surface area contributed by atoms with E-state index in [-0.39, 0.29) is 41.8 Å². The second-order valence-electron chi connectivity index (χ2n) is 7.15. The second-order valence-corrected chi connectivity index (χ2v) is 8.98. The molecule has 166 valence electrons. The van der Waals surface area contributed by atoms with Crippen LogP contribution in [-0.2, 0) is 20.8 Å². The Morgan fingerprint density at radius 1 is 1.25 bits per heavy atom. The molecule has 0 spiro atoms. The lowest BCUT2D eigenvalue weighted by molar-refractivity contribution is -0.124. The SMILES string of the molecule is O=C(Cc1csc(N2CCCC2=O)n1)NCCN1C(=O)S/C(=C\c2ccccc2F)C1=O. The van der Waals surface area contributed by atoms with Crippen LogP contribution in [0.25, 0.3) is 6.08 Å². The number of imide groups is 1. The molecule has 2 aliphatic heterocycles. The molecule has 0 atom stereocenters. The van der Waals surface area contributed by atoms with Gasteiger partial charge in [-0.05, 0) is 30.3 Å². The monoisotopic (exact) mass is 474 g/mol. The summed E-state index contributed by atoms with van der Waals surface area (Å²) >= 11 is 2.06. The number of thioether (sulfide) groups is 1. The fourth-order valence-corrected chi connectivity index (χ4v) is 5.04. The minimum absolute atomic E-state index is 0.00954. The van der Waals surface area contributed by atoms with E-state index in [9.17, 15) is 23.6 Å². The number of carbonyl (C=O) groups excluding carboxylic acids is 4. The van der Waals surface area contributed by atoms with Gasteiger partial charge in [0.2, 0.25) is 11.8 Å². The molecule has 11 heteroatoms. The number of nitrogens with zero attached hydrogens (tertiary/aromatic N) is 3. The highest BCUT2D eigenvalue weighted by atomic mass is 32.2. The second kappa shape index (κ2) is 9.61. The Morgan fingerprint density at radius 2 is 2.06 bits per heavy atom. The third-order valence-corrected chi connectivity index (χ3v) is 6.73. The van der Waals surface area contributed by atoms with Crippen LogP contribution in [0.4, 0.5) is 14.3 Å². The van der Waals surface area contributed by atoms with Gasteiger partial charge in [0.15, 0.2) is 5.13 Å². The standard InChI is InChI=1S/C21H19FN4O4S2/c22-15-5-2-1-4-13(15)10-16-19(29)26(21(30)32-16)9-7-23-17(27)11-14-12-31-20(24-14)25-8-3-6-18(25)28/h1-2,4-5,10,12H,3,6-9,11H2,(H,23,27)/b16-10-. The molecule has 0 aliphatic carbocycles. The summed E-state index contributed by atoms with van der Waals surface area (Å²) in [5.74, 6) is -1.26. The van der Waals surface area contributed by atoms with Gasteiger partial charge in [-0.3, -0.25) is 29.0 Å². The van der Waals surface area contributed by atoms with Crippen LogP contribution in [0.15, 0.2) is 34.6 Å². The molecule has 0 bridgehead atoms. The maximum Gasteiger partial charge on any atom is 0.293 e. The van der Waals surface area contributed by atoms with Crippen LogP contribution in [0, 0.1) is 5.82 Å². The Balaban J connectivity index is 1.28. The number of benzene rings is 1. The van der Waals surface area contributed by atoms with E-state index in [1.54, 1.807) is 22.4 Å². The minimum Gasteiger partial charge on any atom is -0.354 e. The number of nitrogens with one attached hydrogen (secondary N) is 1. The Bertz CT molecular complexity index is 1120. The van der Waals surface area contributed by atoms with Gasteiger partial charge in [0.05, 0.1) is 17.0 Å². The lowest BCUT2D eigenvalue weighted by atomic mass is 10.2. The average molecular weight is 475 g/mol. The number of hydrogen-bond donors (Lipinski definition) is 1. The lowest BCUT2D eigenvalue weighted by Crippen LogP contribution is -2.37. The summed E-state index contributed by atoms with van der Waals surface area (Å²) in [6, 6.07) is 5.98. The Hall–Kier alpha value is -3.05. The van der Waals surface area contributed by atoms with E-state index in [4.69, 9.17) is 0 Å². The van der Waals surface area contributed by atoms with Crippen molar-refractivity contribution in [1.82, 2.24) is 15.2 Å². The number of rotatable bonds is 7. The quantitative estimate of drug-likeness (QED) is 0.620. The fourth-order valence-electron chi connectivity index (χ4n) is 3.31. The largest absolute Gasteiger partial charge is 0.354 e.